The summed E-state index contributed by atoms with van der Waals surface area (Å²) >= 11 is 0. The van der Waals surface area contributed by atoms with Crippen LogP contribution in [0.3, 0.4) is 0 Å². The second-order valence-corrected chi connectivity index (χ2v) is 4.51. The van der Waals surface area contributed by atoms with E-state index in [2.05, 4.69) is 0 Å². The van der Waals surface area contributed by atoms with Gasteiger partial charge in [0, 0.05) is 0 Å². The SMILES string of the molecule is CCCOc1ccc(F)cc1S(N)(=O)=O. The number of rotatable bonds is 4. The van der Waals surface area contributed by atoms with Crippen molar-refractivity contribution in [2.75, 3.05) is 6.61 Å². The average Bonchev–Trinajstić information content (AvgIpc) is 2.14. The van der Waals surface area contributed by atoms with Crippen LogP contribution in [-0.4, -0.2) is 15.0 Å². The van der Waals surface area contributed by atoms with E-state index >= 15 is 0 Å². The molecule has 0 spiro atoms. The molecular weight excluding hydrogens is 221 g/mol. The molecule has 0 amide bonds. The Labute approximate surface area is 87.9 Å². The lowest BCUT2D eigenvalue weighted by Crippen LogP contribution is -2.14. The standard InChI is InChI=1S/C9H12FNO3S/c1-2-5-14-8-4-3-7(10)6-9(8)15(11,12)13/h3-4,6H,2,5H2,1H3,(H2,11,12,13). The molecule has 1 aromatic carbocycles. The third-order valence-corrected chi connectivity index (χ3v) is 2.61. The van der Waals surface area contributed by atoms with Crippen LogP contribution in [0.1, 0.15) is 13.3 Å². The first-order valence-corrected chi connectivity index (χ1v) is 5.95. The minimum absolute atomic E-state index is 0.0840. The van der Waals surface area contributed by atoms with Crippen LogP contribution in [0.2, 0.25) is 0 Å². The highest BCUT2D eigenvalue weighted by molar-refractivity contribution is 7.89. The average molecular weight is 233 g/mol. The molecule has 6 heteroatoms. The van der Waals surface area contributed by atoms with Gasteiger partial charge in [0.2, 0.25) is 10.0 Å². The van der Waals surface area contributed by atoms with Gasteiger partial charge in [-0.25, -0.2) is 17.9 Å². The Bertz CT molecular complexity index is 445. The maximum atomic E-state index is 12.8. The lowest BCUT2D eigenvalue weighted by atomic mass is 10.3. The highest BCUT2D eigenvalue weighted by Gasteiger charge is 2.15. The van der Waals surface area contributed by atoms with Gasteiger partial charge in [-0.05, 0) is 24.6 Å². The van der Waals surface area contributed by atoms with Crippen LogP contribution in [0.4, 0.5) is 4.39 Å². The molecular formula is C9H12FNO3S. The molecule has 0 saturated carbocycles. The molecule has 0 heterocycles. The molecule has 0 fully saturated rings. The first kappa shape index (κ1) is 11.9. The van der Waals surface area contributed by atoms with E-state index in [0.717, 1.165) is 18.6 Å². The number of nitrogens with two attached hydrogens (primary N) is 1. The summed E-state index contributed by atoms with van der Waals surface area (Å²) in [7, 11) is -3.95. The van der Waals surface area contributed by atoms with Gasteiger partial charge in [-0.3, -0.25) is 0 Å². The van der Waals surface area contributed by atoms with Crippen LogP contribution in [-0.2, 0) is 10.0 Å². The van der Waals surface area contributed by atoms with Crippen molar-refractivity contribution in [1.82, 2.24) is 0 Å². The van der Waals surface area contributed by atoms with Crippen molar-refractivity contribution >= 4 is 10.0 Å². The van der Waals surface area contributed by atoms with Gasteiger partial charge in [0.1, 0.15) is 16.5 Å². The van der Waals surface area contributed by atoms with Crippen molar-refractivity contribution in [1.29, 1.82) is 0 Å². The van der Waals surface area contributed by atoms with Crippen molar-refractivity contribution in [2.24, 2.45) is 5.14 Å². The number of primary sulfonamides is 1. The van der Waals surface area contributed by atoms with Crippen LogP contribution in [0.5, 0.6) is 5.75 Å². The van der Waals surface area contributed by atoms with Gasteiger partial charge >= 0.3 is 0 Å². The van der Waals surface area contributed by atoms with Crippen molar-refractivity contribution in [3.05, 3.63) is 24.0 Å². The van der Waals surface area contributed by atoms with Crippen LogP contribution < -0.4 is 9.88 Å². The Morgan fingerprint density at radius 1 is 1.47 bits per heavy atom. The van der Waals surface area contributed by atoms with Crippen molar-refractivity contribution < 1.29 is 17.5 Å². The largest absolute Gasteiger partial charge is 0.492 e. The summed E-state index contributed by atoms with van der Waals surface area (Å²) in [6.45, 7) is 2.23. The van der Waals surface area contributed by atoms with Gasteiger partial charge in [0.15, 0.2) is 0 Å². The first-order valence-electron chi connectivity index (χ1n) is 4.40. The molecule has 0 aromatic heterocycles. The Hall–Kier alpha value is -1.14. The lowest BCUT2D eigenvalue weighted by Gasteiger charge is -2.08. The lowest BCUT2D eigenvalue weighted by molar-refractivity contribution is 0.308. The second-order valence-electron chi connectivity index (χ2n) is 2.98. The van der Waals surface area contributed by atoms with E-state index in [0.29, 0.717) is 6.61 Å². The molecule has 0 aliphatic rings. The zero-order valence-electron chi connectivity index (χ0n) is 8.23. The summed E-state index contributed by atoms with van der Waals surface area (Å²) in [6.07, 6.45) is 0.724. The van der Waals surface area contributed by atoms with Crippen molar-refractivity contribution in [3.63, 3.8) is 0 Å². The van der Waals surface area contributed by atoms with E-state index < -0.39 is 15.8 Å². The van der Waals surface area contributed by atoms with E-state index in [1.165, 1.54) is 6.07 Å². The Kier molecular flexibility index (Phi) is 3.65. The van der Waals surface area contributed by atoms with E-state index in [1.54, 1.807) is 0 Å². The van der Waals surface area contributed by atoms with Crippen molar-refractivity contribution in [2.45, 2.75) is 18.2 Å². The molecule has 84 valence electrons. The zero-order valence-corrected chi connectivity index (χ0v) is 9.05. The van der Waals surface area contributed by atoms with E-state index in [-0.39, 0.29) is 10.6 Å². The normalized spacial score (nSPS) is 11.4. The number of hydrogen-bond donors (Lipinski definition) is 1. The zero-order chi connectivity index (χ0) is 11.5. The summed E-state index contributed by atoms with van der Waals surface area (Å²) < 4.78 is 40.2. The van der Waals surface area contributed by atoms with E-state index in [9.17, 15) is 12.8 Å². The molecule has 0 aliphatic heterocycles. The monoisotopic (exact) mass is 233 g/mol. The summed E-state index contributed by atoms with van der Waals surface area (Å²) in [6, 6.07) is 3.23. The summed E-state index contributed by atoms with van der Waals surface area (Å²) in [4.78, 5) is -0.323. The second kappa shape index (κ2) is 4.59. The van der Waals surface area contributed by atoms with Gasteiger partial charge in [-0.15, -0.1) is 0 Å². The van der Waals surface area contributed by atoms with Gasteiger partial charge in [0.25, 0.3) is 0 Å². The number of sulfonamides is 1. The van der Waals surface area contributed by atoms with Gasteiger partial charge in [-0.1, -0.05) is 6.92 Å². The van der Waals surface area contributed by atoms with E-state index in [4.69, 9.17) is 9.88 Å². The van der Waals surface area contributed by atoms with Crippen LogP contribution in [0.25, 0.3) is 0 Å². The summed E-state index contributed by atoms with van der Waals surface area (Å²) in [5.74, 6) is -0.580. The predicted molar refractivity (Wildman–Crippen MR) is 53.6 cm³/mol. The fourth-order valence-electron chi connectivity index (χ4n) is 1.04. The molecule has 0 unspecified atom stereocenters. The van der Waals surface area contributed by atoms with Crippen LogP contribution in [0, 0.1) is 5.82 Å². The quantitative estimate of drug-likeness (QED) is 0.851. The number of ether oxygens (including phenoxy) is 1. The van der Waals surface area contributed by atoms with E-state index in [1.807, 2.05) is 6.92 Å². The molecule has 0 aliphatic carbocycles. The number of benzene rings is 1. The molecule has 0 atom stereocenters. The third-order valence-electron chi connectivity index (χ3n) is 1.67. The number of hydrogen-bond acceptors (Lipinski definition) is 3. The maximum Gasteiger partial charge on any atom is 0.241 e. The fraction of sp³-hybridized carbons (Fsp3) is 0.333. The predicted octanol–water partition coefficient (Wildman–Crippen LogP) is 1.26. The maximum absolute atomic E-state index is 12.8. The van der Waals surface area contributed by atoms with Crippen LogP contribution in [0.15, 0.2) is 23.1 Å². The van der Waals surface area contributed by atoms with Gasteiger partial charge in [-0.2, -0.15) is 0 Å². The third kappa shape index (κ3) is 3.17. The van der Waals surface area contributed by atoms with Gasteiger partial charge < -0.3 is 4.74 Å². The molecule has 1 aromatic rings. The van der Waals surface area contributed by atoms with Crippen LogP contribution >= 0.6 is 0 Å². The Morgan fingerprint density at radius 3 is 2.67 bits per heavy atom. The highest BCUT2D eigenvalue weighted by Crippen LogP contribution is 2.23. The summed E-state index contributed by atoms with van der Waals surface area (Å²) in [5.41, 5.74) is 0. The Balaban J connectivity index is 3.15. The minimum Gasteiger partial charge on any atom is -0.492 e. The minimum atomic E-state index is -3.95. The molecule has 15 heavy (non-hydrogen) atoms. The van der Waals surface area contributed by atoms with Crippen molar-refractivity contribution in [3.8, 4) is 5.75 Å². The van der Waals surface area contributed by atoms with Gasteiger partial charge in [0.05, 0.1) is 6.61 Å². The smallest absolute Gasteiger partial charge is 0.241 e. The Morgan fingerprint density at radius 2 is 2.13 bits per heavy atom. The topological polar surface area (TPSA) is 69.4 Å². The highest BCUT2D eigenvalue weighted by atomic mass is 32.2. The molecule has 4 nitrogen and oxygen atoms in total. The first-order chi connectivity index (χ1) is 6.95. The number of halogens is 1. The molecule has 0 radical (unpaired) electrons. The summed E-state index contributed by atoms with van der Waals surface area (Å²) in [5, 5.41) is 4.92. The molecule has 1 rings (SSSR count). The molecule has 0 saturated heterocycles. The molecule has 0 bridgehead atoms. The fourth-order valence-corrected chi connectivity index (χ4v) is 1.72. The molecule has 2 N–H and O–H groups in total.